The molecule has 14 heavy (non-hydrogen) atoms. The number of hydrogen-bond acceptors (Lipinski definition) is 4. The summed E-state index contributed by atoms with van der Waals surface area (Å²) in [6.07, 6.45) is -5.23. The molecule has 1 amide bonds. The average molecular weight is 212 g/mol. The molecule has 0 bridgehead atoms. The van der Waals surface area contributed by atoms with E-state index in [1.165, 1.54) is 0 Å². The summed E-state index contributed by atoms with van der Waals surface area (Å²) >= 11 is 0. The van der Waals surface area contributed by atoms with Gasteiger partial charge in [-0.2, -0.15) is 13.2 Å². The van der Waals surface area contributed by atoms with Crippen LogP contribution in [0.1, 0.15) is 0 Å². The molecule has 1 saturated heterocycles. The molecular formula is C6H11F3N4O. The normalized spacial score (nSPS) is 23.2. The summed E-state index contributed by atoms with van der Waals surface area (Å²) in [6, 6.07) is 0. The van der Waals surface area contributed by atoms with E-state index in [0.29, 0.717) is 13.1 Å². The number of carbonyl (C=O) groups excluding carboxylic acids is 1. The van der Waals surface area contributed by atoms with Gasteiger partial charge in [-0.25, -0.2) is 5.43 Å². The van der Waals surface area contributed by atoms with Crippen molar-refractivity contribution in [3.8, 4) is 0 Å². The molecule has 82 valence electrons. The Morgan fingerprint density at radius 2 is 2.07 bits per heavy atom. The van der Waals surface area contributed by atoms with Crippen LogP contribution in [0.5, 0.6) is 0 Å². The van der Waals surface area contributed by atoms with E-state index in [1.807, 2.05) is 0 Å². The van der Waals surface area contributed by atoms with E-state index >= 15 is 0 Å². The minimum atomic E-state index is -4.85. The van der Waals surface area contributed by atoms with Crippen LogP contribution in [0, 0.1) is 0 Å². The summed E-state index contributed by atoms with van der Waals surface area (Å²) in [5, 5.41) is 5.81. The maximum absolute atomic E-state index is 11.7. The highest BCUT2D eigenvalue weighted by Gasteiger charge is 2.38. The van der Waals surface area contributed by atoms with Crippen LogP contribution in [0.15, 0.2) is 0 Å². The van der Waals surface area contributed by atoms with Gasteiger partial charge in [0.15, 0.2) is 0 Å². The number of alkyl halides is 3. The van der Waals surface area contributed by atoms with Crippen molar-refractivity contribution in [1.82, 2.24) is 21.5 Å². The minimum absolute atomic E-state index is 0.380. The van der Waals surface area contributed by atoms with Gasteiger partial charge in [-0.1, -0.05) is 0 Å². The molecule has 8 heteroatoms. The second-order valence-electron chi connectivity index (χ2n) is 2.81. The molecule has 1 aliphatic rings. The minimum Gasteiger partial charge on any atom is -0.313 e. The predicted molar refractivity (Wildman–Crippen MR) is 42.0 cm³/mol. The molecule has 1 unspecified atom stereocenters. The third-order valence-corrected chi connectivity index (χ3v) is 1.66. The molecule has 0 saturated carbocycles. The van der Waals surface area contributed by atoms with Crippen molar-refractivity contribution in [2.24, 2.45) is 0 Å². The van der Waals surface area contributed by atoms with Gasteiger partial charge in [0.05, 0.1) is 6.17 Å². The van der Waals surface area contributed by atoms with Crippen LogP contribution in [0.4, 0.5) is 13.2 Å². The molecule has 0 aliphatic carbocycles. The fraction of sp³-hybridized carbons (Fsp3) is 0.833. The maximum Gasteiger partial charge on any atom is 0.472 e. The van der Waals surface area contributed by atoms with E-state index in [9.17, 15) is 18.0 Å². The summed E-state index contributed by atoms with van der Waals surface area (Å²) in [5.74, 6) is -2.00. The van der Waals surface area contributed by atoms with Crippen LogP contribution in [0.25, 0.3) is 0 Å². The van der Waals surface area contributed by atoms with E-state index in [-0.39, 0.29) is 6.17 Å². The number of amides is 1. The van der Waals surface area contributed by atoms with Gasteiger partial charge in [0.25, 0.3) is 0 Å². The Kier molecular flexibility index (Phi) is 3.67. The van der Waals surface area contributed by atoms with Crippen LogP contribution < -0.4 is 21.5 Å². The Morgan fingerprint density at radius 1 is 1.36 bits per heavy atom. The molecular weight excluding hydrogens is 201 g/mol. The highest BCUT2D eigenvalue weighted by Crippen LogP contribution is 2.13. The molecule has 0 aromatic heterocycles. The third kappa shape index (κ3) is 3.48. The number of hydrazine groups is 1. The standard InChI is InChI=1S/C6H11F3N4O/c7-6(8,9)5(14)13-12-4-3-10-1-2-11-4/h4,10-12H,1-3H2,(H,13,14). The Bertz CT molecular complexity index is 202. The van der Waals surface area contributed by atoms with E-state index in [1.54, 1.807) is 5.43 Å². The number of rotatable bonds is 2. The zero-order chi connectivity index (χ0) is 10.6. The van der Waals surface area contributed by atoms with Gasteiger partial charge < -0.3 is 5.32 Å². The molecule has 1 rings (SSSR count). The first kappa shape index (κ1) is 11.2. The van der Waals surface area contributed by atoms with E-state index < -0.39 is 12.1 Å². The zero-order valence-corrected chi connectivity index (χ0v) is 7.24. The highest BCUT2D eigenvalue weighted by atomic mass is 19.4. The second kappa shape index (κ2) is 4.58. The Balaban J connectivity index is 2.22. The zero-order valence-electron chi connectivity index (χ0n) is 7.24. The number of nitrogens with one attached hydrogen (secondary N) is 4. The number of hydrogen-bond donors (Lipinski definition) is 4. The van der Waals surface area contributed by atoms with Gasteiger partial charge in [0.1, 0.15) is 0 Å². The SMILES string of the molecule is O=C(NNC1CNCCN1)C(F)(F)F. The van der Waals surface area contributed by atoms with Crippen LogP contribution in [-0.4, -0.2) is 37.9 Å². The smallest absolute Gasteiger partial charge is 0.313 e. The third-order valence-electron chi connectivity index (χ3n) is 1.66. The van der Waals surface area contributed by atoms with Crippen molar-refractivity contribution in [3.05, 3.63) is 0 Å². The molecule has 1 aliphatic heterocycles. The fourth-order valence-corrected chi connectivity index (χ4v) is 0.979. The molecule has 0 spiro atoms. The summed E-state index contributed by atoms with van der Waals surface area (Å²) in [6.45, 7) is 1.85. The summed E-state index contributed by atoms with van der Waals surface area (Å²) in [7, 11) is 0. The van der Waals surface area contributed by atoms with Crippen molar-refractivity contribution >= 4 is 5.91 Å². The van der Waals surface area contributed by atoms with Gasteiger partial charge >= 0.3 is 12.1 Å². The lowest BCUT2D eigenvalue weighted by Crippen LogP contribution is -2.61. The first-order chi connectivity index (χ1) is 6.50. The fourth-order valence-electron chi connectivity index (χ4n) is 0.979. The molecule has 4 N–H and O–H groups in total. The van der Waals surface area contributed by atoms with Crippen LogP contribution >= 0.6 is 0 Å². The Labute approximate surface area is 78.4 Å². The van der Waals surface area contributed by atoms with Crippen molar-refractivity contribution in [2.75, 3.05) is 19.6 Å². The Morgan fingerprint density at radius 3 is 2.57 bits per heavy atom. The van der Waals surface area contributed by atoms with Gasteiger partial charge in [-0.15, -0.1) is 0 Å². The molecule has 5 nitrogen and oxygen atoms in total. The maximum atomic E-state index is 11.7. The van der Waals surface area contributed by atoms with Gasteiger partial charge in [0.2, 0.25) is 0 Å². The first-order valence-electron chi connectivity index (χ1n) is 4.07. The molecule has 0 aromatic carbocycles. The van der Waals surface area contributed by atoms with Crippen molar-refractivity contribution in [1.29, 1.82) is 0 Å². The molecule has 0 radical (unpaired) electrons. The lowest BCUT2D eigenvalue weighted by Gasteiger charge is -2.25. The highest BCUT2D eigenvalue weighted by molar-refractivity contribution is 5.81. The number of carbonyl (C=O) groups is 1. The summed E-state index contributed by atoms with van der Waals surface area (Å²) < 4.78 is 35.1. The predicted octanol–water partition coefficient (Wildman–Crippen LogP) is -1.31. The van der Waals surface area contributed by atoms with Crippen LogP contribution in [0.3, 0.4) is 0 Å². The van der Waals surface area contributed by atoms with Crippen LogP contribution in [-0.2, 0) is 4.79 Å². The molecule has 1 fully saturated rings. The van der Waals surface area contributed by atoms with Crippen molar-refractivity contribution in [2.45, 2.75) is 12.3 Å². The molecule has 1 atom stereocenters. The Hall–Kier alpha value is -0.860. The van der Waals surface area contributed by atoms with Crippen LogP contribution in [0.2, 0.25) is 0 Å². The van der Waals surface area contributed by atoms with Gasteiger partial charge in [-0.3, -0.25) is 15.5 Å². The average Bonchev–Trinajstić information content (AvgIpc) is 2.14. The molecule has 1 heterocycles. The quantitative estimate of drug-likeness (QED) is 0.429. The number of halogens is 3. The summed E-state index contributed by atoms with van der Waals surface area (Å²) in [5.41, 5.74) is 3.81. The summed E-state index contributed by atoms with van der Waals surface area (Å²) in [4.78, 5) is 10.4. The lowest BCUT2D eigenvalue weighted by molar-refractivity contribution is -0.175. The first-order valence-corrected chi connectivity index (χ1v) is 4.07. The van der Waals surface area contributed by atoms with Crippen molar-refractivity contribution in [3.63, 3.8) is 0 Å². The lowest BCUT2D eigenvalue weighted by atomic mass is 10.4. The largest absolute Gasteiger partial charge is 0.472 e. The monoisotopic (exact) mass is 212 g/mol. The van der Waals surface area contributed by atoms with Crippen molar-refractivity contribution < 1.29 is 18.0 Å². The second-order valence-corrected chi connectivity index (χ2v) is 2.81. The van der Waals surface area contributed by atoms with Gasteiger partial charge in [-0.05, 0) is 0 Å². The van der Waals surface area contributed by atoms with E-state index in [4.69, 9.17) is 0 Å². The molecule has 0 aromatic rings. The number of piperazine rings is 1. The van der Waals surface area contributed by atoms with E-state index in [0.717, 1.165) is 6.54 Å². The van der Waals surface area contributed by atoms with Gasteiger partial charge in [0, 0.05) is 19.6 Å². The topological polar surface area (TPSA) is 65.2 Å². The van der Waals surface area contributed by atoms with E-state index in [2.05, 4.69) is 16.1 Å².